The zero-order chi connectivity index (χ0) is 12.5. The molecule has 92 valence electrons. The fraction of sp³-hybridized carbons (Fsp3) is 0.429. The second-order valence-corrected chi connectivity index (χ2v) is 3.76. The molecular weight excluding hydrogens is 214 g/mol. The number of ether oxygens (including phenoxy) is 1. The van der Waals surface area contributed by atoms with Crippen LogP contribution in [0.25, 0.3) is 0 Å². The monoisotopic (exact) mass is 233 g/mol. The Morgan fingerprint density at radius 3 is 2.53 bits per heavy atom. The highest BCUT2D eigenvalue weighted by atomic mass is 16.5. The summed E-state index contributed by atoms with van der Waals surface area (Å²) in [4.78, 5) is 2.28. The van der Waals surface area contributed by atoms with Gasteiger partial charge in [0, 0.05) is 19.5 Å². The van der Waals surface area contributed by atoms with Gasteiger partial charge in [0.15, 0.2) is 0 Å². The zero-order valence-electron chi connectivity index (χ0n) is 10.4. The van der Waals surface area contributed by atoms with E-state index < -0.39 is 0 Å². The smallest absolute Gasteiger partial charge is 0.118 e. The third kappa shape index (κ3) is 4.80. The predicted molar refractivity (Wildman–Crippen MR) is 68.3 cm³/mol. The van der Waals surface area contributed by atoms with Gasteiger partial charge in [-0.1, -0.05) is 25.0 Å². The molecule has 3 nitrogen and oxygen atoms in total. The molecule has 17 heavy (non-hydrogen) atoms. The van der Waals surface area contributed by atoms with Crippen molar-refractivity contribution in [1.82, 2.24) is 4.90 Å². The van der Waals surface area contributed by atoms with Crippen molar-refractivity contribution in [2.75, 3.05) is 20.2 Å². The summed E-state index contributed by atoms with van der Waals surface area (Å²) in [7, 11) is 1.67. The molecule has 0 aliphatic rings. The molecule has 0 amide bonds. The van der Waals surface area contributed by atoms with Crippen molar-refractivity contribution in [2.45, 2.75) is 19.9 Å². The minimum atomic E-state index is 0.695. The molecule has 0 bridgehead atoms. The maximum atomic E-state index is 8.41. The van der Waals surface area contributed by atoms with Crippen LogP contribution in [-0.4, -0.2) is 30.2 Å². The van der Waals surface area contributed by atoms with Crippen LogP contribution in [0.5, 0.6) is 5.75 Å². The minimum Gasteiger partial charge on any atom is -0.497 e. The van der Waals surface area contributed by atoms with E-state index in [1.165, 1.54) is 5.56 Å². The molecule has 0 aromatic heterocycles. The van der Waals surface area contributed by atoms with Crippen LogP contribution in [0.1, 0.15) is 18.9 Å². The van der Waals surface area contributed by atoms with E-state index >= 15 is 0 Å². The molecular formula is C14H19NO2. The van der Waals surface area contributed by atoms with Crippen LogP contribution in [0.15, 0.2) is 24.3 Å². The Morgan fingerprint density at radius 2 is 2.00 bits per heavy atom. The van der Waals surface area contributed by atoms with E-state index in [0.717, 1.165) is 25.4 Å². The molecule has 0 heterocycles. The molecule has 0 spiro atoms. The van der Waals surface area contributed by atoms with E-state index in [0.29, 0.717) is 6.42 Å². The lowest BCUT2D eigenvalue weighted by Crippen LogP contribution is -2.23. The summed E-state index contributed by atoms with van der Waals surface area (Å²) in [6.45, 7) is 4.86. The summed E-state index contributed by atoms with van der Waals surface area (Å²) in [5.41, 5.74) is 1.25. The quantitative estimate of drug-likeness (QED) is 0.765. The van der Waals surface area contributed by atoms with Gasteiger partial charge < -0.3 is 9.84 Å². The summed E-state index contributed by atoms with van der Waals surface area (Å²) in [5, 5.41) is 8.41. The van der Waals surface area contributed by atoms with Crippen LogP contribution in [0, 0.1) is 12.0 Å². The number of methoxy groups -OCH3 is 1. The maximum Gasteiger partial charge on any atom is 0.118 e. The first-order chi connectivity index (χ1) is 8.30. The second kappa shape index (κ2) is 7.59. The topological polar surface area (TPSA) is 32.7 Å². The molecule has 3 heteroatoms. The van der Waals surface area contributed by atoms with Crippen LogP contribution in [0.2, 0.25) is 0 Å². The van der Waals surface area contributed by atoms with Crippen molar-refractivity contribution >= 4 is 0 Å². The fourth-order valence-corrected chi connectivity index (χ4v) is 1.61. The Balaban J connectivity index is 2.50. The summed E-state index contributed by atoms with van der Waals surface area (Å²) in [6.07, 6.45) is 2.63. The van der Waals surface area contributed by atoms with Crippen molar-refractivity contribution in [3.8, 4) is 17.8 Å². The van der Waals surface area contributed by atoms with Gasteiger partial charge in [0.1, 0.15) is 11.9 Å². The third-order valence-corrected chi connectivity index (χ3v) is 2.64. The van der Waals surface area contributed by atoms with Gasteiger partial charge in [-0.15, -0.1) is 0 Å². The Morgan fingerprint density at radius 1 is 1.29 bits per heavy atom. The molecule has 1 rings (SSSR count). The van der Waals surface area contributed by atoms with Crippen molar-refractivity contribution < 1.29 is 9.84 Å². The Hall–Kier alpha value is -1.66. The van der Waals surface area contributed by atoms with Crippen molar-refractivity contribution in [2.24, 2.45) is 0 Å². The number of hydrogen-bond acceptors (Lipinski definition) is 3. The molecule has 0 fully saturated rings. The first-order valence-corrected chi connectivity index (χ1v) is 5.77. The molecule has 0 atom stereocenters. The molecule has 0 saturated heterocycles. The van der Waals surface area contributed by atoms with E-state index in [4.69, 9.17) is 9.84 Å². The van der Waals surface area contributed by atoms with Gasteiger partial charge in [-0.2, -0.15) is 0 Å². The molecule has 1 aromatic rings. The highest BCUT2D eigenvalue weighted by molar-refractivity contribution is 5.27. The van der Waals surface area contributed by atoms with Gasteiger partial charge in [-0.3, -0.25) is 4.90 Å². The number of nitrogens with zero attached hydrogens (tertiary/aromatic N) is 1. The van der Waals surface area contributed by atoms with Gasteiger partial charge in [-0.05, 0) is 24.2 Å². The van der Waals surface area contributed by atoms with Crippen LogP contribution >= 0.6 is 0 Å². The average Bonchev–Trinajstić information content (AvgIpc) is 2.38. The lowest BCUT2D eigenvalue weighted by molar-refractivity contribution is 0.286. The Bertz CT molecular complexity index is 375. The molecule has 0 saturated carbocycles. The second-order valence-electron chi connectivity index (χ2n) is 3.76. The average molecular weight is 233 g/mol. The predicted octanol–water partition coefficient (Wildman–Crippen LogP) is 2.24. The third-order valence-electron chi connectivity index (χ3n) is 2.64. The summed E-state index contributed by atoms with van der Waals surface area (Å²) in [6, 6.07) is 8.08. The molecule has 0 aliphatic carbocycles. The number of aliphatic hydroxyl groups excluding tert-OH is 1. The number of rotatable bonds is 6. The van der Waals surface area contributed by atoms with Crippen molar-refractivity contribution in [3.05, 3.63) is 29.8 Å². The number of benzene rings is 1. The summed E-state index contributed by atoms with van der Waals surface area (Å²) >= 11 is 0. The Kier molecular flexibility index (Phi) is 5.98. The Labute approximate surface area is 103 Å². The normalized spacial score (nSPS) is 9.82. The SMILES string of the molecule is CCN(CCC#CO)Cc1ccc(OC)cc1. The van der Waals surface area contributed by atoms with Gasteiger partial charge in [0.05, 0.1) is 7.11 Å². The first kappa shape index (κ1) is 13.4. The maximum absolute atomic E-state index is 8.41. The lowest BCUT2D eigenvalue weighted by Gasteiger charge is -2.19. The van der Waals surface area contributed by atoms with Crippen LogP contribution in [0.3, 0.4) is 0 Å². The van der Waals surface area contributed by atoms with E-state index in [2.05, 4.69) is 29.9 Å². The highest BCUT2D eigenvalue weighted by Gasteiger charge is 2.02. The van der Waals surface area contributed by atoms with Crippen LogP contribution in [-0.2, 0) is 6.54 Å². The molecule has 1 N–H and O–H groups in total. The summed E-state index contributed by atoms with van der Waals surface area (Å²) < 4.78 is 5.12. The van der Waals surface area contributed by atoms with Crippen molar-refractivity contribution in [1.29, 1.82) is 0 Å². The van der Waals surface area contributed by atoms with Crippen LogP contribution in [0.4, 0.5) is 0 Å². The van der Waals surface area contributed by atoms with Gasteiger partial charge in [0.2, 0.25) is 0 Å². The van der Waals surface area contributed by atoms with Gasteiger partial charge in [-0.25, -0.2) is 0 Å². The summed E-state index contributed by atoms with van der Waals surface area (Å²) in [5.74, 6) is 3.54. The van der Waals surface area contributed by atoms with Crippen LogP contribution < -0.4 is 4.74 Å². The molecule has 0 aliphatic heterocycles. The highest BCUT2D eigenvalue weighted by Crippen LogP contribution is 2.12. The van der Waals surface area contributed by atoms with E-state index in [-0.39, 0.29) is 0 Å². The molecule has 0 radical (unpaired) electrons. The largest absolute Gasteiger partial charge is 0.497 e. The molecule has 1 aromatic carbocycles. The van der Waals surface area contributed by atoms with Gasteiger partial charge in [0.25, 0.3) is 0 Å². The van der Waals surface area contributed by atoms with E-state index in [9.17, 15) is 0 Å². The van der Waals surface area contributed by atoms with E-state index in [1.54, 1.807) is 7.11 Å². The lowest BCUT2D eigenvalue weighted by atomic mass is 10.2. The molecule has 0 unspecified atom stereocenters. The van der Waals surface area contributed by atoms with Crippen molar-refractivity contribution in [3.63, 3.8) is 0 Å². The van der Waals surface area contributed by atoms with Gasteiger partial charge >= 0.3 is 0 Å². The standard InChI is InChI=1S/C14H19NO2/c1-3-15(10-4-5-11-16)12-13-6-8-14(17-2)9-7-13/h6-9,16H,3-4,10,12H2,1-2H3. The number of aliphatic hydroxyl groups is 1. The number of hydrogen-bond donors (Lipinski definition) is 1. The zero-order valence-corrected chi connectivity index (χ0v) is 10.4. The minimum absolute atomic E-state index is 0.695. The fourth-order valence-electron chi connectivity index (χ4n) is 1.61. The van der Waals surface area contributed by atoms with E-state index in [1.807, 2.05) is 18.2 Å². The first-order valence-electron chi connectivity index (χ1n) is 5.77.